The van der Waals surface area contributed by atoms with Gasteiger partial charge in [-0.25, -0.2) is 19.3 Å². The first-order chi connectivity index (χ1) is 20.1. The Morgan fingerprint density at radius 3 is 2.45 bits per heavy atom. The van der Waals surface area contributed by atoms with E-state index >= 15 is 0 Å². The molecule has 2 unspecified atom stereocenters. The van der Waals surface area contributed by atoms with Crippen LogP contribution in [0.5, 0.6) is 0 Å². The maximum atomic E-state index is 13.3. The van der Waals surface area contributed by atoms with Crippen molar-refractivity contribution in [2.24, 2.45) is 11.8 Å². The molecule has 0 radical (unpaired) electrons. The fourth-order valence-electron chi connectivity index (χ4n) is 6.12. The monoisotopic (exact) mass is 568 g/mol. The Morgan fingerprint density at radius 2 is 1.81 bits per heavy atom. The summed E-state index contributed by atoms with van der Waals surface area (Å²) >= 11 is 0. The Balaban J connectivity index is 1.27. The molecule has 2 fully saturated rings. The van der Waals surface area contributed by atoms with Crippen LogP contribution in [-0.4, -0.2) is 66.4 Å². The number of aliphatic hydroxyl groups is 1. The fraction of sp³-hybridized carbons (Fsp3) is 0.387. The van der Waals surface area contributed by atoms with Crippen LogP contribution in [0.15, 0.2) is 66.1 Å². The number of aromatic nitrogens is 5. The van der Waals surface area contributed by atoms with Gasteiger partial charge < -0.3 is 20.2 Å². The maximum absolute atomic E-state index is 13.3. The molecule has 42 heavy (non-hydrogen) atoms. The van der Waals surface area contributed by atoms with Gasteiger partial charge in [0.15, 0.2) is 11.5 Å². The van der Waals surface area contributed by atoms with Gasteiger partial charge in [-0.2, -0.15) is 4.98 Å². The SMILES string of the molecule is C=CCn1c(=O)c2cnc(Nc3ccc(N4CC5CC(CN(C(C)=O)C5)C4)cc3)nc2n1-c1cccc(C(C)(C)O)n1. The molecule has 0 saturated carbocycles. The van der Waals surface area contributed by atoms with Crippen molar-refractivity contribution in [3.8, 4) is 5.82 Å². The highest BCUT2D eigenvalue weighted by molar-refractivity contribution is 5.77. The third kappa shape index (κ3) is 5.27. The molecule has 2 N–H and O–H groups in total. The van der Waals surface area contributed by atoms with Crippen LogP contribution in [0.25, 0.3) is 16.9 Å². The number of fused-ring (bicyclic) bond motifs is 3. The summed E-state index contributed by atoms with van der Waals surface area (Å²) in [5.74, 6) is 1.94. The second-order valence-corrected chi connectivity index (χ2v) is 11.8. The van der Waals surface area contributed by atoms with Gasteiger partial charge in [0.05, 0.1) is 12.2 Å². The van der Waals surface area contributed by atoms with Crippen LogP contribution in [0.1, 0.15) is 32.9 Å². The van der Waals surface area contributed by atoms with E-state index in [1.54, 1.807) is 49.7 Å². The van der Waals surface area contributed by atoms with Gasteiger partial charge in [0.2, 0.25) is 11.9 Å². The van der Waals surface area contributed by atoms with E-state index in [1.807, 2.05) is 17.0 Å². The van der Waals surface area contributed by atoms with Crippen molar-refractivity contribution in [3.63, 3.8) is 0 Å². The molecule has 2 aliphatic rings. The Kier molecular flexibility index (Phi) is 7.05. The van der Waals surface area contributed by atoms with Crippen molar-refractivity contribution >= 4 is 34.3 Å². The quantitative estimate of drug-likeness (QED) is 0.325. The third-order valence-corrected chi connectivity index (χ3v) is 8.07. The summed E-state index contributed by atoms with van der Waals surface area (Å²) in [6, 6.07) is 13.5. The second-order valence-electron chi connectivity index (χ2n) is 11.8. The number of nitrogens with one attached hydrogen (secondary N) is 1. The van der Waals surface area contributed by atoms with Gasteiger partial charge in [0.1, 0.15) is 11.0 Å². The third-order valence-electron chi connectivity index (χ3n) is 8.07. The zero-order chi connectivity index (χ0) is 29.6. The molecule has 0 aliphatic carbocycles. The molecule has 5 heterocycles. The maximum Gasteiger partial charge on any atom is 0.278 e. The average Bonchev–Trinajstić information content (AvgIpc) is 3.23. The minimum Gasteiger partial charge on any atom is -0.384 e. The van der Waals surface area contributed by atoms with Gasteiger partial charge in [0, 0.05) is 50.7 Å². The number of carbonyl (C=O) groups excluding carboxylic acids is 1. The summed E-state index contributed by atoms with van der Waals surface area (Å²) in [5, 5.41) is 14.1. The number of hydrogen-bond donors (Lipinski definition) is 2. The van der Waals surface area contributed by atoms with Gasteiger partial charge >= 0.3 is 0 Å². The van der Waals surface area contributed by atoms with Crippen LogP contribution in [-0.2, 0) is 16.9 Å². The van der Waals surface area contributed by atoms with Gasteiger partial charge in [-0.15, -0.1) is 6.58 Å². The van der Waals surface area contributed by atoms with E-state index in [0.29, 0.717) is 40.3 Å². The van der Waals surface area contributed by atoms with Crippen LogP contribution in [0.2, 0.25) is 0 Å². The molecular weight excluding hydrogens is 532 g/mol. The molecule has 0 spiro atoms. The first-order valence-electron chi connectivity index (χ1n) is 14.3. The molecule has 11 nitrogen and oxygen atoms in total. The van der Waals surface area contributed by atoms with Crippen molar-refractivity contribution in [1.82, 2.24) is 29.2 Å². The summed E-state index contributed by atoms with van der Waals surface area (Å²) in [6.45, 7) is 12.6. The predicted octanol–water partition coefficient (Wildman–Crippen LogP) is 3.44. The van der Waals surface area contributed by atoms with E-state index in [2.05, 4.69) is 38.9 Å². The highest BCUT2D eigenvalue weighted by Gasteiger charge is 2.35. The van der Waals surface area contributed by atoms with Crippen molar-refractivity contribution < 1.29 is 9.90 Å². The number of benzene rings is 1. The van der Waals surface area contributed by atoms with Crippen LogP contribution >= 0.6 is 0 Å². The highest BCUT2D eigenvalue weighted by Crippen LogP contribution is 2.32. The number of anilines is 3. The van der Waals surface area contributed by atoms with Gasteiger partial charge in [-0.1, -0.05) is 12.1 Å². The number of nitrogens with zero attached hydrogens (tertiary/aromatic N) is 7. The molecule has 2 bridgehead atoms. The summed E-state index contributed by atoms with van der Waals surface area (Å²) < 4.78 is 3.15. The van der Waals surface area contributed by atoms with E-state index in [1.165, 1.54) is 17.3 Å². The number of hydrogen-bond acceptors (Lipinski definition) is 8. The van der Waals surface area contributed by atoms with Crippen LogP contribution in [0.3, 0.4) is 0 Å². The predicted molar refractivity (Wildman–Crippen MR) is 162 cm³/mol. The van der Waals surface area contributed by atoms with Crippen molar-refractivity contribution in [3.05, 3.63) is 77.4 Å². The average molecular weight is 569 g/mol. The van der Waals surface area contributed by atoms with E-state index in [0.717, 1.165) is 37.6 Å². The van der Waals surface area contributed by atoms with Crippen LogP contribution in [0.4, 0.5) is 17.3 Å². The molecule has 2 saturated heterocycles. The fourth-order valence-corrected chi connectivity index (χ4v) is 6.12. The second kappa shape index (κ2) is 10.7. The Hall–Kier alpha value is -4.51. The number of amides is 1. The lowest BCUT2D eigenvalue weighted by Gasteiger charge is -2.46. The lowest BCUT2D eigenvalue weighted by molar-refractivity contribution is -0.132. The molecule has 3 aromatic heterocycles. The van der Waals surface area contributed by atoms with Gasteiger partial charge in [0.25, 0.3) is 5.56 Å². The summed E-state index contributed by atoms with van der Waals surface area (Å²) in [5.41, 5.74) is 1.43. The first kappa shape index (κ1) is 27.6. The Labute approximate surface area is 244 Å². The van der Waals surface area contributed by atoms with Crippen LogP contribution < -0.4 is 15.8 Å². The number of allylic oxidation sites excluding steroid dienone is 1. The Morgan fingerprint density at radius 1 is 1.10 bits per heavy atom. The molecule has 1 aromatic carbocycles. The molecule has 2 aliphatic heterocycles. The van der Waals surface area contributed by atoms with E-state index in [-0.39, 0.29) is 18.0 Å². The lowest BCUT2D eigenvalue weighted by Crippen LogP contribution is -2.53. The molecular formula is C31H36N8O3. The minimum absolute atomic E-state index is 0.169. The number of pyridine rings is 1. The Bertz CT molecular complexity index is 1690. The zero-order valence-electron chi connectivity index (χ0n) is 24.2. The number of carbonyl (C=O) groups is 1. The normalized spacial score (nSPS) is 18.8. The summed E-state index contributed by atoms with van der Waals surface area (Å²) in [7, 11) is 0. The van der Waals surface area contributed by atoms with E-state index < -0.39 is 5.60 Å². The lowest BCUT2D eigenvalue weighted by atomic mass is 9.84. The topological polar surface area (TPSA) is 121 Å². The molecule has 4 aromatic rings. The first-order valence-corrected chi connectivity index (χ1v) is 14.3. The van der Waals surface area contributed by atoms with E-state index in [4.69, 9.17) is 4.98 Å². The van der Waals surface area contributed by atoms with E-state index in [9.17, 15) is 14.7 Å². The summed E-state index contributed by atoms with van der Waals surface area (Å²) in [4.78, 5) is 43.3. The smallest absolute Gasteiger partial charge is 0.278 e. The largest absolute Gasteiger partial charge is 0.384 e. The standard InChI is InChI=1S/C31H36N8O3/c1-5-13-38-29(41)25-15-32-30(35-28(25)39(38)27-8-6-7-26(34-27)31(3,4)42)33-23-9-11-24(12-10-23)37-18-21-14-22(19-37)17-36(16-21)20(2)40/h5-12,15,21-22,42H,1,13-14,16-19H2,2-4H3,(H,32,33,35). The summed E-state index contributed by atoms with van der Waals surface area (Å²) in [6.07, 6.45) is 4.34. The van der Waals surface area contributed by atoms with Crippen molar-refractivity contribution in [1.29, 1.82) is 0 Å². The molecule has 6 rings (SSSR count). The number of likely N-dealkylation sites (tertiary alicyclic amines) is 1. The number of piperidine rings is 2. The minimum atomic E-state index is -1.15. The van der Waals surface area contributed by atoms with Crippen molar-refractivity contribution in [2.75, 3.05) is 36.4 Å². The van der Waals surface area contributed by atoms with Crippen molar-refractivity contribution in [2.45, 2.75) is 39.3 Å². The molecule has 2 atom stereocenters. The molecule has 11 heteroatoms. The van der Waals surface area contributed by atoms with Gasteiger partial charge in [-0.05, 0) is 68.5 Å². The molecule has 218 valence electrons. The van der Waals surface area contributed by atoms with Crippen LogP contribution in [0, 0.1) is 11.8 Å². The zero-order valence-corrected chi connectivity index (χ0v) is 24.2. The van der Waals surface area contributed by atoms with Gasteiger partial charge in [-0.3, -0.25) is 9.59 Å². The number of rotatable bonds is 7. The molecule has 1 amide bonds. The highest BCUT2D eigenvalue weighted by atomic mass is 16.3.